The van der Waals surface area contributed by atoms with Crippen molar-refractivity contribution in [2.45, 2.75) is 67.8 Å². The van der Waals surface area contributed by atoms with E-state index in [1.807, 2.05) is 72.8 Å². The van der Waals surface area contributed by atoms with Gasteiger partial charge in [0.15, 0.2) is 0 Å². The third-order valence-electron chi connectivity index (χ3n) is 12.0. The molecule has 3 aromatic carbocycles. The van der Waals surface area contributed by atoms with E-state index in [1.165, 1.54) is 0 Å². The molecule has 14 heteroatoms. The van der Waals surface area contributed by atoms with Crippen molar-refractivity contribution in [1.82, 2.24) is 0 Å². The van der Waals surface area contributed by atoms with Crippen LogP contribution in [0.3, 0.4) is 0 Å². The molecule has 3 aromatic rings. The van der Waals surface area contributed by atoms with E-state index in [0.717, 1.165) is 33.4 Å². The van der Waals surface area contributed by atoms with E-state index >= 15 is 0 Å². The van der Waals surface area contributed by atoms with Crippen molar-refractivity contribution in [3.8, 4) is 0 Å². The number of hydrogen-bond donors (Lipinski definition) is 1. The number of benzene rings is 3. The molecule has 0 spiro atoms. The van der Waals surface area contributed by atoms with Gasteiger partial charge in [-0.15, -0.1) is 0 Å². The Labute approximate surface area is 289 Å². The molecule has 0 radical (unpaired) electrons. The second-order valence-corrected chi connectivity index (χ2v) is 16.7. The normalized spacial score (nSPS) is 30.3. The lowest BCUT2D eigenvalue weighted by Crippen LogP contribution is -2.66. The third kappa shape index (κ3) is 4.84. The predicted molar refractivity (Wildman–Crippen MR) is 168 cm³/mol. The van der Waals surface area contributed by atoms with Crippen molar-refractivity contribution >= 4 is 22.1 Å². The summed E-state index contributed by atoms with van der Waals surface area (Å²) in [6, 6.07) is 22.9. The first kappa shape index (κ1) is 34.2. The first-order valence-electron chi connectivity index (χ1n) is 16.6. The number of halogens is 6. The van der Waals surface area contributed by atoms with E-state index in [0.29, 0.717) is 19.3 Å². The molecular weight excluding hydrogens is 702 g/mol. The SMILES string of the molecule is O=C(OC(CS(=O)(=O)O)(C(F)(F)F)C(F)(F)F)C12CC3CC(CC(COC(=O)C45c6ccccc6C(c6ccccc64)c4ccccc45)(C3)C1)C2. The van der Waals surface area contributed by atoms with Gasteiger partial charge in [0.1, 0.15) is 11.2 Å². The molecule has 270 valence electrons. The summed E-state index contributed by atoms with van der Waals surface area (Å²) in [5, 5.41) is 0. The Bertz CT molecular complexity index is 1930. The number of esters is 2. The molecule has 4 saturated carbocycles. The number of alkyl halides is 6. The topological polar surface area (TPSA) is 107 Å². The van der Waals surface area contributed by atoms with Crippen LogP contribution >= 0.6 is 0 Å². The van der Waals surface area contributed by atoms with Gasteiger partial charge in [-0.3, -0.25) is 14.1 Å². The Morgan fingerprint density at radius 2 is 1.18 bits per heavy atom. The van der Waals surface area contributed by atoms with E-state index in [2.05, 4.69) is 4.74 Å². The zero-order chi connectivity index (χ0) is 36.4. The smallest absolute Gasteiger partial charge is 0.438 e. The highest BCUT2D eigenvalue weighted by Crippen LogP contribution is 2.67. The number of rotatable bonds is 7. The maximum Gasteiger partial charge on any atom is 0.438 e. The molecule has 0 aromatic heterocycles. The van der Waals surface area contributed by atoms with Gasteiger partial charge in [-0.2, -0.15) is 34.8 Å². The maximum absolute atomic E-state index is 14.9. The second kappa shape index (κ2) is 10.8. The summed E-state index contributed by atoms with van der Waals surface area (Å²) >= 11 is 0. The molecule has 2 unspecified atom stereocenters. The average Bonchev–Trinajstić information content (AvgIpc) is 3.04. The highest BCUT2D eigenvalue weighted by atomic mass is 32.2. The fraction of sp³-hybridized carbons (Fsp3) is 0.459. The minimum Gasteiger partial charge on any atom is -0.464 e. The van der Waals surface area contributed by atoms with Gasteiger partial charge in [0.2, 0.25) is 0 Å². The molecule has 10 rings (SSSR count). The van der Waals surface area contributed by atoms with Crippen molar-refractivity contribution in [2.75, 3.05) is 12.4 Å². The Kier molecular flexibility index (Phi) is 7.25. The van der Waals surface area contributed by atoms with Crippen LogP contribution in [-0.4, -0.2) is 55.2 Å². The number of carbonyl (C=O) groups is 2. The van der Waals surface area contributed by atoms with Crippen molar-refractivity contribution in [1.29, 1.82) is 0 Å². The van der Waals surface area contributed by atoms with E-state index in [9.17, 15) is 44.3 Å². The molecule has 0 amide bonds. The highest BCUT2D eigenvalue weighted by Gasteiger charge is 2.77. The van der Waals surface area contributed by atoms with E-state index in [1.54, 1.807) is 0 Å². The molecule has 0 aliphatic heterocycles. The molecule has 7 aliphatic rings. The molecule has 2 atom stereocenters. The van der Waals surface area contributed by atoms with Crippen LogP contribution in [-0.2, 0) is 34.6 Å². The molecule has 4 fully saturated rings. The van der Waals surface area contributed by atoms with Crippen LogP contribution in [0.5, 0.6) is 0 Å². The van der Waals surface area contributed by atoms with Crippen LogP contribution in [0.15, 0.2) is 72.8 Å². The van der Waals surface area contributed by atoms with Gasteiger partial charge in [-0.1, -0.05) is 72.8 Å². The Morgan fingerprint density at radius 1 is 0.725 bits per heavy atom. The summed E-state index contributed by atoms with van der Waals surface area (Å²) in [7, 11) is -5.93. The van der Waals surface area contributed by atoms with Crippen molar-refractivity contribution in [3.05, 3.63) is 106 Å². The molecular formula is C37H32F6O7S. The van der Waals surface area contributed by atoms with Crippen LogP contribution in [0, 0.1) is 22.7 Å². The lowest BCUT2D eigenvalue weighted by molar-refractivity contribution is -0.364. The van der Waals surface area contributed by atoms with Gasteiger partial charge in [0.05, 0.1) is 12.0 Å². The fourth-order valence-electron chi connectivity index (χ4n) is 10.7. The standard InChI is InChI=1S/C37H32F6O7S/c38-36(39,40)34(37(41,42)43,20-51(46,47)48)50-30(44)33-16-21-13-22(17-33)15-32(14-21,18-33)19-49-31(45)35-26-10-4-1-7-23(26)29(24-8-2-5-11-27(24)35)25-9-3-6-12-28(25)35/h1-12,21-22,29H,13-20H2,(H,46,47,48). The van der Waals surface area contributed by atoms with Gasteiger partial charge in [-0.25, -0.2) is 0 Å². The molecule has 0 heterocycles. The van der Waals surface area contributed by atoms with Gasteiger partial charge < -0.3 is 9.47 Å². The summed E-state index contributed by atoms with van der Waals surface area (Å²) in [5.41, 5.74) is -4.48. The highest BCUT2D eigenvalue weighted by molar-refractivity contribution is 7.85. The summed E-state index contributed by atoms with van der Waals surface area (Å²) in [4.78, 5) is 28.6. The fourth-order valence-corrected chi connectivity index (χ4v) is 11.6. The molecule has 7 aliphatic carbocycles. The van der Waals surface area contributed by atoms with E-state index in [-0.39, 0.29) is 43.6 Å². The van der Waals surface area contributed by atoms with Crippen LogP contribution < -0.4 is 0 Å². The first-order chi connectivity index (χ1) is 23.8. The molecule has 6 bridgehead atoms. The van der Waals surface area contributed by atoms with Crippen LogP contribution in [0.25, 0.3) is 0 Å². The summed E-state index contributed by atoms with van der Waals surface area (Å²) < 4.78 is 128. The van der Waals surface area contributed by atoms with Gasteiger partial charge >= 0.3 is 29.9 Å². The monoisotopic (exact) mass is 734 g/mol. The molecule has 51 heavy (non-hydrogen) atoms. The van der Waals surface area contributed by atoms with Crippen molar-refractivity contribution in [3.63, 3.8) is 0 Å². The minimum atomic E-state index is -6.42. The Hall–Kier alpha value is -3.91. The first-order valence-corrected chi connectivity index (χ1v) is 18.2. The molecule has 7 nitrogen and oxygen atoms in total. The largest absolute Gasteiger partial charge is 0.464 e. The van der Waals surface area contributed by atoms with Crippen LogP contribution in [0.1, 0.15) is 77.8 Å². The lowest BCUT2D eigenvalue weighted by atomic mass is 9.44. The number of ether oxygens (including phenoxy) is 2. The maximum atomic E-state index is 14.9. The van der Waals surface area contributed by atoms with E-state index in [4.69, 9.17) is 9.29 Å². The summed E-state index contributed by atoms with van der Waals surface area (Å²) in [5.74, 6) is -6.02. The van der Waals surface area contributed by atoms with Crippen molar-refractivity contribution < 1.29 is 58.4 Å². The summed E-state index contributed by atoms with van der Waals surface area (Å²) in [6.07, 6.45) is -11.7. The number of carbonyl (C=O) groups excluding carboxylic acids is 2. The zero-order valence-corrected chi connectivity index (χ0v) is 27.7. The summed E-state index contributed by atoms with van der Waals surface area (Å²) in [6.45, 7) is -0.236. The quantitative estimate of drug-likeness (QED) is 0.155. The van der Waals surface area contributed by atoms with Gasteiger partial charge in [-0.05, 0) is 83.7 Å². The predicted octanol–water partition coefficient (Wildman–Crippen LogP) is 7.25. The Balaban J connectivity index is 1.14. The molecule has 0 saturated heterocycles. The lowest BCUT2D eigenvalue weighted by Gasteiger charge is -2.61. The van der Waals surface area contributed by atoms with Crippen LogP contribution in [0.4, 0.5) is 26.3 Å². The Morgan fingerprint density at radius 3 is 1.61 bits per heavy atom. The number of hydrogen-bond acceptors (Lipinski definition) is 6. The van der Waals surface area contributed by atoms with E-state index < -0.39 is 62.0 Å². The zero-order valence-electron chi connectivity index (χ0n) is 26.9. The third-order valence-corrected chi connectivity index (χ3v) is 12.8. The average molecular weight is 735 g/mol. The molecule has 1 N–H and O–H groups in total. The van der Waals surface area contributed by atoms with Crippen LogP contribution in [0.2, 0.25) is 0 Å². The van der Waals surface area contributed by atoms with Crippen molar-refractivity contribution in [2.24, 2.45) is 22.7 Å². The minimum absolute atomic E-state index is 0.0604. The van der Waals surface area contributed by atoms with Gasteiger partial charge in [0, 0.05) is 11.3 Å². The second-order valence-electron chi connectivity index (χ2n) is 15.2. The van der Waals surface area contributed by atoms with Gasteiger partial charge in [0.25, 0.3) is 10.1 Å².